The second-order valence-corrected chi connectivity index (χ2v) is 3.87. The Kier molecular flexibility index (Phi) is 3.15. The summed E-state index contributed by atoms with van der Waals surface area (Å²) in [5.74, 6) is 0. The Hall–Kier alpha value is -1.60. The minimum atomic E-state index is 1.10. The summed E-state index contributed by atoms with van der Waals surface area (Å²) in [4.78, 5) is 0. The predicted molar refractivity (Wildman–Crippen MR) is 66.5 cm³/mol. The summed E-state index contributed by atoms with van der Waals surface area (Å²) in [5.41, 5.74) is 2.39. The molecular formula is C14H11Si. The molecule has 0 aliphatic carbocycles. The molecule has 0 N–H and O–H groups in total. The number of hydrogen-bond acceptors (Lipinski definition) is 0. The molecule has 71 valence electrons. The zero-order valence-electron chi connectivity index (χ0n) is 8.35. The van der Waals surface area contributed by atoms with Gasteiger partial charge in [-0.3, -0.25) is 0 Å². The number of benzene rings is 2. The average Bonchev–Trinajstić information content (AvgIpc) is 2.31. The van der Waals surface area contributed by atoms with Gasteiger partial charge in [0.25, 0.3) is 0 Å². The Balaban J connectivity index is 2.29. The summed E-state index contributed by atoms with van der Waals surface area (Å²) in [6, 6.07) is 20.5. The van der Waals surface area contributed by atoms with Crippen LogP contribution >= 0.6 is 0 Å². The average molecular weight is 207 g/mol. The first-order valence-corrected chi connectivity index (χ1v) is 5.40. The molecule has 2 rings (SSSR count). The summed E-state index contributed by atoms with van der Waals surface area (Å²) in [7, 11) is 3.64. The third kappa shape index (κ3) is 2.67. The Morgan fingerprint density at radius 1 is 0.800 bits per heavy atom. The van der Waals surface area contributed by atoms with Crippen LogP contribution in [0.3, 0.4) is 0 Å². The highest BCUT2D eigenvalue weighted by Crippen LogP contribution is 2.14. The molecule has 0 saturated heterocycles. The van der Waals surface area contributed by atoms with Crippen LogP contribution < -0.4 is 0 Å². The molecule has 0 aliphatic rings. The van der Waals surface area contributed by atoms with E-state index in [1.807, 2.05) is 36.4 Å². The first kappa shape index (κ1) is 9.93. The highest BCUT2D eigenvalue weighted by Gasteiger charge is 1.93. The summed E-state index contributed by atoms with van der Waals surface area (Å²) in [6.07, 6.45) is 2.12. The fourth-order valence-corrected chi connectivity index (χ4v) is 1.75. The molecule has 0 saturated carbocycles. The van der Waals surface area contributed by atoms with Gasteiger partial charge in [-0.15, -0.1) is 0 Å². The van der Waals surface area contributed by atoms with Gasteiger partial charge in [0, 0.05) is 0 Å². The van der Waals surface area contributed by atoms with Gasteiger partial charge in [0.2, 0.25) is 0 Å². The van der Waals surface area contributed by atoms with Gasteiger partial charge in [-0.1, -0.05) is 71.9 Å². The monoisotopic (exact) mass is 207 g/mol. The van der Waals surface area contributed by atoms with E-state index in [2.05, 4.69) is 40.6 Å². The van der Waals surface area contributed by atoms with Crippen molar-refractivity contribution in [1.82, 2.24) is 0 Å². The third-order valence-electron chi connectivity index (χ3n) is 2.20. The van der Waals surface area contributed by atoms with E-state index >= 15 is 0 Å². The molecule has 0 spiro atoms. The van der Waals surface area contributed by atoms with Gasteiger partial charge < -0.3 is 0 Å². The van der Waals surface area contributed by atoms with Gasteiger partial charge in [0.05, 0.1) is 10.2 Å². The van der Waals surface area contributed by atoms with Gasteiger partial charge in [0.1, 0.15) is 0 Å². The van der Waals surface area contributed by atoms with E-state index in [1.165, 1.54) is 11.1 Å². The topological polar surface area (TPSA) is 0 Å². The number of rotatable bonds is 2. The van der Waals surface area contributed by atoms with Crippen molar-refractivity contribution in [1.29, 1.82) is 0 Å². The standard InChI is InChI=1S/C14H11Si/c15-14(13-9-5-2-6-10-13)11-12-7-3-1-4-8-12/h1-11H/b14-11-. The van der Waals surface area contributed by atoms with Crippen LogP contribution in [0.15, 0.2) is 60.7 Å². The minimum absolute atomic E-state index is 1.10. The van der Waals surface area contributed by atoms with Crippen LogP contribution in [0.4, 0.5) is 0 Å². The Labute approximate surface area is 93.7 Å². The molecule has 3 radical (unpaired) electrons. The summed E-state index contributed by atoms with van der Waals surface area (Å²) < 4.78 is 0. The highest BCUT2D eigenvalue weighted by atomic mass is 28.1. The fourth-order valence-electron chi connectivity index (χ4n) is 1.42. The smallest absolute Gasteiger partial charge is 0.0622 e. The largest absolute Gasteiger partial charge is 0.0720 e. The Morgan fingerprint density at radius 3 is 1.93 bits per heavy atom. The lowest BCUT2D eigenvalue weighted by molar-refractivity contribution is 1.64. The first-order valence-electron chi connectivity index (χ1n) is 4.90. The molecule has 0 unspecified atom stereocenters. The predicted octanol–water partition coefficient (Wildman–Crippen LogP) is 3.35. The zero-order chi connectivity index (χ0) is 10.5. The molecule has 1 heteroatoms. The maximum Gasteiger partial charge on any atom is 0.0720 e. The van der Waals surface area contributed by atoms with Gasteiger partial charge in [-0.25, -0.2) is 0 Å². The van der Waals surface area contributed by atoms with Crippen LogP contribution in [0.1, 0.15) is 11.1 Å². The lowest BCUT2D eigenvalue weighted by Gasteiger charge is -2.00. The van der Waals surface area contributed by atoms with Crippen molar-refractivity contribution in [3.8, 4) is 0 Å². The van der Waals surface area contributed by atoms with Crippen molar-refractivity contribution in [2.75, 3.05) is 0 Å². The molecule has 0 bridgehead atoms. The van der Waals surface area contributed by atoms with E-state index in [0.29, 0.717) is 0 Å². The van der Waals surface area contributed by atoms with Crippen molar-refractivity contribution < 1.29 is 0 Å². The maximum atomic E-state index is 3.64. The van der Waals surface area contributed by atoms with Crippen LogP contribution in [0, 0.1) is 0 Å². The van der Waals surface area contributed by atoms with Crippen molar-refractivity contribution in [3.63, 3.8) is 0 Å². The van der Waals surface area contributed by atoms with E-state index in [-0.39, 0.29) is 0 Å². The van der Waals surface area contributed by atoms with Crippen molar-refractivity contribution in [2.45, 2.75) is 0 Å². The van der Waals surface area contributed by atoms with Crippen molar-refractivity contribution in [3.05, 3.63) is 71.8 Å². The van der Waals surface area contributed by atoms with E-state index < -0.39 is 0 Å². The number of hydrogen-bond donors (Lipinski definition) is 0. The summed E-state index contributed by atoms with van der Waals surface area (Å²) >= 11 is 0. The molecule has 0 fully saturated rings. The second-order valence-electron chi connectivity index (χ2n) is 3.33. The van der Waals surface area contributed by atoms with Gasteiger partial charge >= 0.3 is 0 Å². The van der Waals surface area contributed by atoms with Crippen molar-refractivity contribution in [2.24, 2.45) is 0 Å². The van der Waals surface area contributed by atoms with Crippen LogP contribution in [0.5, 0.6) is 0 Å². The molecule has 0 aliphatic heterocycles. The fraction of sp³-hybridized carbons (Fsp3) is 0. The van der Waals surface area contributed by atoms with Gasteiger partial charge in [-0.2, -0.15) is 0 Å². The first-order chi connectivity index (χ1) is 7.36. The molecule has 0 heterocycles. The minimum Gasteiger partial charge on any atom is -0.0622 e. The Morgan fingerprint density at radius 2 is 1.33 bits per heavy atom. The lowest BCUT2D eigenvalue weighted by Crippen LogP contribution is -1.82. The highest BCUT2D eigenvalue weighted by molar-refractivity contribution is 6.45. The zero-order valence-corrected chi connectivity index (χ0v) is 9.35. The van der Waals surface area contributed by atoms with E-state index in [1.54, 1.807) is 0 Å². The van der Waals surface area contributed by atoms with E-state index in [4.69, 9.17) is 0 Å². The molecule has 15 heavy (non-hydrogen) atoms. The quantitative estimate of drug-likeness (QED) is 0.523. The summed E-state index contributed by atoms with van der Waals surface area (Å²) in [5, 5.41) is 1.10. The van der Waals surface area contributed by atoms with Crippen LogP contribution in [-0.2, 0) is 0 Å². The lowest BCUT2D eigenvalue weighted by atomic mass is 10.1. The van der Waals surface area contributed by atoms with E-state index in [0.717, 1.165) is 5.20 Å². The van der Waals surface area contributed by atoms with Crippen LogP contribution in [-0.4, -0.2) is 10.2 Å². The van der Waals surface area contributed by atoms with Crippen LogP contribution in [0.25, 0.3) is 11.3 Å². The molecule has 0 atom stereocenters. The van der Waals surface area contributed by atoms with Crippen LogP contribution in [0.2, 0.25) is 0 Å². The Bertz CT molecular complexity index is 443. The molecular weight excluding hydrogens is 196 g/mol. The molecule has 0 aromatic heterocycles. The molecule has 2 aromatic carbocycles. The van der Waals surface area contributed by atoms with Gasteiger partial charge in [0.15, 0.2) is 0 Å². The second kappa shape index (κ2) is 4.76. The normalized spacial score (nSPS) is 11.4. The SMILES string of the molecule is [Si]/C(=C\c1ccccc1)c1ccccc1. The van der Waals surface area contributed by atoms with E-state index in [9.17, 15) is 0 Å². The molecule has 0 amide bonds. The van der Waals surface area contributed by atoms with Gasteiger partial charge in [-0.05, 0) is 11.1 Å². The maximum absolute atomic E-state index is 3.64. The third-order valence-corrected chi connectivity index (χ3v) is 2.63. The molecule has 2 aromatic rings. The molecule has 0 nitrogen and oxygen atoms in total. The van der Waals surface area contributed by atoms with Crippen molar-refractivity contribution >= 4 is 21.5 Å². The summed E-state index contributed by atoms with van der Waals surface area (Å²) in [6.45, 7) is 0.